The third kappa shape index (κ3) is 6.58. The normalized spacial score (nSPS) is 11.7. The number of carbonyl (C=O) groups is 2. The number of rotatable bonds is 10. The third-order valence-electron chi connectivity index (χ3n) is 5.21. The summed E-state index contributed by atoms with van der Waals surface area (Å²) in [5.41, 5.74) is 14.3. The Morgan fingerprint density at radius 2 is 1.66 bits per heavy atom. The molecule has 0 aliphatic carbocycles. The van der Waals surface area contributed by atoms with Gasteiger partial charge < -0.3 is 31.0 Å². The van der Waals surface area contributed by atoms with E-state index >= 15 is 0 Å². The van der Waals surface area contributed by atoms with Gasteiger partial charge in [0, 0.05) is 36.0 Å². The van der Waals surface area contributed by atoms with Crippen LogP contribution in [-0.4, -0.2) is 38.0 Å². The van der Waals surface area contributed by atoms with Gasteiger partial charge in [-0.3, -0.25) is 9.59 Å². The predicted molar refractivity (Wildman–Crippen MR) is 135 cm³/mol. The van der Waals surface area contributed by atoms with Crippen molar-refractivity contribution in [1.29, 1.82) is 0 Å². The van der Waals surface area contributed by atoms with Gasteiger partial charge in [-0.15, -0.1) is 0 Å². The summed E-state index contributed by atoms with van der Waals surface area (Å²) in [7, 11) is 4.58. The molecule has 3 aromatic rings. The lowest BCUT2D eigenvalue weighted by Gasteiger charge is -2.13. The second-order valence-corrected chi connectivity index (χ2v) is 7.61. The minimum Gasteiger partial charge on any atom is -0.493 e. The van der Waals surface area contributed by atoms with Crippen molar-refractivity contribution in [1.82, 2.24) is 4.98 Å². The lowest BCUT2D eigenvalue weighted by atomic mass is 10.00. The number of nitrogens with two attached hydrogens (primary N) is 2. The van der Waals surface area contributed by atoms with Gasteiger partial charge in [-0.1, -0.05) is 18.2 Å². The molecule has 0 saturated carbocycles. The van der Waals surface area contributed by atoms with Crippen molar-refractivity contribution in [2.75, 3.05) is 32.4 Å². The zero-order valence-electron chi connectivity index (χ0n) is 19.8. The Balaban J connectivity index is 1.62. The van der Waals surface area contributed by atoms with E-state index in [0.29, 0.717) is 39.9 Å². The van der Waals surface area contributed by atoms with Crippen LogP contribution in [0.15, 0.2) is 60.8 Å². The number of nitrogens with zero attached hydrogens (tertiary/aromatic N) is 1. The van der Waals surface area contributed by atoms with Crippen molar-refractivity contribution in [2.24, 2.45) is 5.73 Å². The molecule has 0 radical (unpaired) electrons. The summed E-state index contributed by atoms with van der Waals surface area (Å²) < 4.78 is 16.0. The number of nitrogen functional groups attached to an aromatic ring is 1. The van der Waals surface area contributed by atoms with Crippen molar-refractivity contribution in [3.05, 3.63) is 77.5 Å². The van der Waals surface area contributed by atoms with Gasteiger partial charge in [-0.2, -0.15) is 0 Å². The monoisotopic (exact) mass is 476 g/mol. The summed E-state index contributed by atoms with van der Waals surface area (Å²) in [5, 5.41) is 2.76. The van der Waals surface area contributed by atoms with Crippen LogP contribution in [0.5, 0.6) is 17.2 Å². The topological polar surface area (TPSA) is 139 Å². The molecule has 0 spiro atoms. The molecule has 0 bridgehead atoms. The van der Waals surface area contributed by atoms with Crippen LogP contribution >= 0.6 is 0 Å². The summed E-state index contributed by atoms with van der Waals surface area (Å²) >= 11 is 0. The van der Waals surface area contributed by atoms with Gasteiger partial charge >= 0.3 is 0 Å². The number of amides is 1. The molecule has 182 valence electrons. The Morgan fingerprint density at radius 1 is 1.00 bits per heavy atom. The molecule has 1 atom stereocenters. The van der Waals surface area contributed by atoms with Crippen molar-refractivity contribution in [2.45, 2.75) is 12.5 Å². The molecule has 3 rings (SSSR count). The molecule has 35 heavy (non-hydrogen) atoms. The van der Waals surface area contributed by atoms with E-state index in [4.69, 9.17) is 25.7 Å². The molecular weight excluding hydrogens is 448 g/mol. The molecule has 1 heterocycles. The van der Waals surface area contributed by atoms with E-state index in [1.807, 2.05) is 0 Å². The zero-order valence-corrected chi connectivity index (χ0v) is 19.8. The summed E-state index contributed by atoms with van der Waals surface area (Å²) in [6, 6.07) is 13.0. The van der Waals surface area contributed by atoms with Crippen LogP contribution < -0.4 is 31.0 Å². The zero-order chi connectivity index (χ0) is 25.4. The Bertz CT molecular complexity index is 1200. The van der Waals surface area contributed by atoms with Crippen molar-refractivity contribution < 1.29 is 23.8 Å². The number of pyridine rings is 1. The van der Waals surface area contributed by atoms with E-state index < -0.39 is 6.04 Å². The lowest BCUT2D eigenvalue weighted by Crippen LogP contribution is -2.15. The number of ether oxygens (including phenoxy) is 3. The standard InChI is InChI=1S/C26H28N4O5/c1-33-22-12-16(13-23(34-2)25(22)35-3)4-9-20(31)15-21(27)17-5-7-18(8-6-17)26(32)30-19-10-11-29-24(28)14-19/h4-14,21H,15,27H2,1-3H3,(H3,28,29,30,32). The molecule has 9 nitrogen and oxygen atoms in total. The molecule has 1 amide bonds. The summed E-state index contributed by atoms with van der Waals surface area (Å²) in [6.45, 7) is 0. The van der Waals surface area contributed by atoms with Crippen LogP contribution in [0.2, 0.25) is 0 Å². The molecule has 9 heteroatoms. The van der Waals surface area contributed by atoms with E-state index in [2.05, 4.69) is 10.3 Å². The van der Waals surface area contributed by atoms with Crippen LogP contribution in [0.3, 0.4) is 0 Å². The van der Waals surface area contributed by atoms with Gasteiger partial charge in [-0.05, 0) is 47.5 Å². The number of carbonyl (C=O) groups excluding carboxylic acids is 2. The van der Waals surface area contributed by atoms with Gasteiger partial charge in [0.1, 0.15) is 5.82 Å². The highest BCUT2D eigenvalue weighted by Gasteiger charge is 2.14. The molecule has 1 unspecified atom stereocenters. The molecule has 0 fully saturated rings. The molecule has 5 N–H and O–H groups in total. The maximum absolute atomic E-state index is 12.5. The minimum atomic E-state index is -0.524. The number of ketones is 1. The number of hydrogen-bond donors (Lipinski definition) is 3. The average Bonchev–Trinajstić information content (AvgIpc) is 2.86. The van der Waals surface area contributed by atoms with Crippen LogP contribution in [0, 0.1) is 0 Å². The number of nitrogens with one attached hydrogen (secondary N) is 1. The van der Waals surface area contributed by atoms with E-state index in [1.54, 1.807) is 54.6 Å². The maximum atomic E-state index is 12.5. The van der Waals surface area contributed by atoms with Gasteiger partial charge in [0.2, 0.25) is 5.75 Å². The summed E-state index contributed by atoms with van der Waals surface area (Å²) in [5.74, 6) is 1.33. The first-order valence-corrected chi connectivity index (χ1v) is 10.7. The second-order valence-electron chi connectivity index (χ2n) is 7.61. The van der Waals surface area contributed by atoms with E-state index in [-0.39, 0.29) is 18.1 Å². The molecular formula is C26H28N4O5. The highest BCUT2D eigenvalue weighted by atomic mass is 16.5. The van der Waals surface area contributed by atoms with Crippen molar-refractivity contribution in [3.8, 4) is 17.2 Å². The number of benzene rings is 2. The maximum Gasteiger partial charge on any atom is 0.255 e. The lowest BCUT2D eigenvalue weighted by molar-refractivity contribution is -0.114. The molecule has 0 aliphatic heterocycles. The fourth-order valence-corrected chi connectivity index (χ4v) is 3.40. The van der Waals surface area contributed by atoms with Crippen molar-refractivity contribution >= 4 is 29.3 Å². The Kier molecular flexibility index (Phi) is 8.42. The number of hydrogen-bond acceptors (Lipinski definition) is 8. The largest absolute Gasteiger partial charge is 0.493 e. The van der Waals surface area contributed by atoms with E-state index in [0.717, 1.165) is 5.56 Å². The summed E-state index contributed by atoms with van der Waals surface area (Å²) in [6.07, 6.45) is 4.74. The first-order chi connectivity index (χ1) is 16.8. The quantitative estimate of drug-likeness (QED) is 0.377. The van der Waals surface area contributed by atoms with Gasteiger partial charge in [0.15, 0.2) is 17.3 Å². The molecule has 2 aromatic carbocycles. The Morgan fingerprint density at radius 3 is 2.23 bits per heavy atom. The number of aromatic nitrogens is 1. The number of allylic oxidation sites excluding steroid dienone is 1. The Labute approximate surface area is 203 Å². The van der Waals surface area contributed by atoms with Crippen molar-refractivity contribution in [3.63, 3.8) is 0 Å². The smallest absolute Gasteiger partial charge is 0.255 e. The average molecular weight is 477 g/mol. The molecule has 0 aliphatic rings. The van der Waals surface area contributed by atoms with Gasteiger partial charge in [-0.25, -0.2) is 4.98 Å². The number of anilines is 2. The minimum absolute atomic E-state index is 0.1000. The molecule has 1 aromatic heterocycles. The van der Waals surface area contributed by atoms with Crippen LogP contribution in [0.4, 0.5) is 11.5 Å². The van der Waals surface area contributed by atoms with E-state index in [9.17, 15) is 9.59 Å². The molecule has 0 saturated heterocycles. The Hall–Kier alpha value is -4.37. The van der Waals surface area contributed by atoms with Crippen LogP contribution in [-0.2, 0) is 4.79 Å². The van der Waals surface area contributed by atoms with Crippen LogP contribution in [0.1, 0.15) is 33.9 Å². The fraction of sp³-hybridized carbons (Fsp3) is 0.192. The van der Waals surface area contributed by atoms with Gasteiger partial charge in [0.05, 0.1) is 21.3 Å². The predicted octanol–water partition coefficient (Wildman–Crippen LogP) is 3.61. The third-order valence-corrected chi connectivity index (χ3v) is 5.21. The summed E-state index contributed by atoms with van der Waals surface area (Å²) in [4.78, 5) is 28.8. The number of methoxy groups -OCH3 is 3. The van der Waals surface area contributed by atoms with Gasteiger partial charge in [0.25, 0.3) is 5.91 Å². The SMILES string of the molecule is COc1cc(C=CC(=O)CC(N)c2ccc(C(=O)Nc3ccnc(N)c3)cc2)cc(OC)c1OC. The highest BCUT2D eigenvalue weighted by Crippen LogP contribution is 2.38. The van der Waals surface area contributed by atoms with Crippen LogP contribution in [0.25, 0.3) is 6.08 Å². The van der Waals surface area contributed by atoms with E-state index in [1.165, 1.54) is 33.6 Å². The second kappa shape index (κ2) is 11.7. The fourth-order valence-electron chi connectivity index (χ4n) is 3.40. The first kappa shape index (κ1) is 25.3. The first-order valence-electron chi connectivity index (χ1n) is 10.7. The highest BCUT2D eigenvalue weighted by molar-refractivity contribution is 6.04.